The van der Waals surface area contributed by atoms with E-state index in [0.29, 0.717) is 0 Å². The molecule has 1 heteroatoms. The van der Waals surface area contributed by atoms with E-state index < -0.39 is 0 Å². The third-order valence-corrected chi connectivity index (χ3v) is 1.30. The highest BCUT2D eigenvalue weighted by molar-refractivity contribution is 4.99. The molecule has 0 fully saturated rings. The Labute approximate surface area is 57.7 Å². The van der Waals surface area contributed by atoms with Crippen LogP contribution in [0.5, 0.6) is 0 Å². The molecule has 0 aliphatic rings. The number of hydrogen-bond acceptors (Lipinski definition) is 1. The molecule has 0 aliphatic carbocycles. The number of rotatable bonds is 3. The second-order valence-corrected chi connectivity index (χ2v) is 2.23. The summed E-state index contributed by atoms with van der Waals surface area (Å²) in [6.45, 7) is 8.79. The highest BCUT2D eigenvalue weighted by Crippen LogP contribution is 1.94. The predicted octanol–water partition coefficient (Wildman–Crippen LogP) is 2.03. The fourth-order valence-electron chi connectivity index (χ4n) is 0.549. The topological polar surface area (TPSA) is 3.24 Å². The molecule has 0 rings (SSSR count). The molecule has 9 heavy (non-hydrogen) atoms. The first kappa shape index (κ1) is 8.28. The third kappa shape index (κ3) is 3.83. The van der Waals surface area contributed by atoms with Crippen molar-refractivity contribution in [3.8, 4) is 0 Å². The Morgan fingerprint density at radius 3 is 2.56 bits per heavy atom. The molecule has 1 nitrogen and oxygen atoms in total. The molecular formula is C8H15N. The first-order chi connectivity index (χ1) is 4.20. The van der Waals surface area contributed by atoms with Crippen LogP contribution in [0.15, 0.2) is 24.4 Å². The van der Waals surface area contributed by atoms with Crippen LogP contribution < -0.4 is 0 Å². The summed E-state index contributed by atoms with van der Waals surface area (Å²) in [5.74, 6) is 0. The quantitative estimate of drug-likeness (QED) is 0.522. The molecule has 0 aliphatic heterocycles. The maximum atomic E-state index is 3.65. The van der Waals surface area contributed by atoms with E-state index in [-0.39, 0.29) is 0 Å². The van der Waals surface area contributed by atoms with Gasteiger partial charge in [-0.2, -0.15) is 0 Å². The lowest BCUT2D eigenvalue weighted by Gasteiger charge is -2.12. The average Bonchev–Trinajstić information content (AvgIpc) is 1.87. The zero-order valence-corrected chi connectivity index (χ0v) is 6.52. The van der Waals surface area contributed by atoms with E-state index in [1.165, 1.54) is 5.57 Å². The zero-order chi connectivity index (χ0) is 7.28. The van der Waals surface area contributed by atoms with Crippen molar-refractivity contribution >= 4 is 0 Å². The minimum absolute atomic E-state index is 0.986. The predicted molar refractivity (Wildman–Crippen MR) is 42.3 cm³/mol. The average molecular weight is 125 g/mol. The molecule has 0 unspecified atom stereocenters. The van der Waals surface area contributed by atoms with E-state index in [0.717, 1.165) is 6.54 Å². The van der Waals surface area contributed by atoms with Crippen LogP contribution >= 0.6 is 0 Å². The largest absolute Gasteiger partial charge is 0.377 e. The summed E-state index contributed by atoms with van der Waals surface area (Å²) in [5.41, 5.74) is 1.37. The smallest absolute Gasteiger partial charge is 0.0377 e. The lowest BCUT2D eigenvalue weighted by molar-refractivity contribution is 0.498. The van der Waals surface area contributed by atoms with Crippen LogP contribution in [-0.4, -0.2) is 18.5 Å². The van der Waals surface area contributed by atoms with Crippen molar-refractivity contribution in [2.45, 2.75) is 13.8 Å². The van der Waals surface area contributed by atoms with Crippen LogP contribution in [0.1, 0.15) is 13.8 Å². The summed E-state index contributed by atoms with van der Waals surface area (Å²) in [7, 11) is 2.01. The number of likely N-dealkylation sites (N-methyl/N-ethyl adjacent to an activating group) is 1. The highest BCUT2D eigenvalue weighted by Gasteiger charge is 1.88. The Hall–Kier alpha value is -0.720. The molecule has 0 aromatic heterocycles. The van der Waals surface area contributed by atoms with Gasteiger partial charge in [-0.15, -0.1) is 0 Å². The van der Waals surface area contributed by atoms with E-state index in [1.54, 1.807) is 0 Å². The van der Waals surface area contributed by atoms with Crippen LogP contribution in [0.3, 0.4) is 0 Å². The summed E-state index contributed by atoms with van der Waals surface area (Å²) in [4.78, 5) is 2.05. The molecule has 0 saturated carbocycles. The van der Waals surface area contributed by atoms with Crippen LogP contribution in [0.4, 0.5) is 0 Å². The maximum absolute atomic E-state index is 3.65. The molecule has 0 saturated heterocycles. The van der Waals surface area contributed by atoms with E-state index in [1.807, 2.05) is 20.2 Å². The molecule has 0 aromatic rings. The van der Waals surface area contributed by atoms with Gasteiger partial charge < -0.3 is 4.90 Å². The molecule has 0 heterocycles. The fourth-order valence-corrected chi connectivity index (χ4v) is 0.549. The van der Waals surface area contributed by atoms with Crippen molar-refractivity contribution in [2.24, 2.45) is 0 Å². The van der Waals surface area contributed by atoms with Gasteiger partial charge in [0.2, 0.25) is 0 Å². The van der Waals surface area contributed by atoms with Gasteiger partial charge in [-0.1, -0.05) is 18.2 Å². The number of hydrogen-bond donors (Lipinski definition) is 0. The van der Waals surface area contributed by atoms with Gasteiger partial charge in [0.05, 0.1) is 0 Å². The van der Waals surface area contributed by atoms with Crippen molar-refractivity contribution < 1.29 is 0 Å². The van der Waals surface area contributed by atoms with Crippen molar-refractivity contribution in [1.82, 2.24) is 4.90 Å². The van der Waals surface area contributed by atoms with Gasteiger partial charge in [-0.3, -0.25) is 0 Å². The van der Waals surface area contributed by atoms with Crippen LogP contribution in [0.2, 0.25) is 0 Å². The second-order valence-electron chi connectivity index (χ2n) is 2.23. The zero-order valence-electron chi connectivity index (χ0n) is 6.52. The minimum Gasteiger partial charge on any atom is -0.377 e. The Morgan fingerprint density at radius 1 is 1.67 bits per heavy atom. The molecule has 0 radical (unpaired) electrons. The van der Waals surface area contributed by atoms with Crippen LogP contribution in [-0.2, 0) is 0 Å². The van der Waals surface area contributed by atoms with Crippen LogP contribution in [0.25, 0.3) is 0 Å². The Bertz CT molecular complexity index is 114. The van der Waals surface area contributed by atoms with Gasteiger partial charge in [-0.05, 0) is 20.0 Å². The molecule has 0 spiro atoms. The Balaban J connectivity index is 3.59. The summed E-state index contributed by atoms with van der Waals surface area (Å²) < 4.78 is 0. The van der Waals surface area contributed by atoms with Crippen LogP contribution in [0, 0.1) is 0 Å². The molecular weight excluding hydrogens is 110 g/mol. The van der Waals surface area contributed by atoms with E-state index in [4.69, 9.17) is 0 Å². The standard InChI is InChI=1S/C8H15N/c1-5-8(3)7-9(4)6-2/h5-6H,2,7H2,1,3-4H3/b8-5+. The summed E-state index contributed by atoms with van der Waals surface area (Å²) in [6, 6.07) is 0. The van der Waals surface area contributed by atoms with E-state index >= 15 is 0 Å². The first-order valence-corrected chi connectivity index (χ1v) is 3.15. The SMILES string of the molecule is C=CN(C)C/C(C)=C/C. The lowest BCUT2D eigenvalue weighted by atomic mass is 10.3. The highest BCUT2D eigenvalue weighted by atomic mass is 15.1. The second kappa shape index (κ2) is 4.19. The van der Waals surface area contributed by atoms with Gasteiger partial charge >= 0.3 is 0 Å². The fraction of sp³-hybridized carbons (Fsp3) is 0.500. The minimum atomic E-state index is 0.986. The van der Waals surface area contributed by atoms with Gasteiger partial charge in [0.1, 0.15) is 0 Å². The molecule has 52 valence electrons. The van der Waals surface area contributed by atoms with Gasteiger partial charge in [0.25, 0.3) is 0 Å². The summed E-state index contributed by atoms with van der Waals surface area (Å²) in [6.07, 6.45) is 3.94. The van der Waals surface area contributed by atoms with Gasteiger partial charge in [0, 0.05) is 13.6 Å². The van der Waals surface area contributed by atoms with Crippen molar-refractivity contribution in [2.75, 3.05) is 13.6 Å². The molecule has 0 bridgehead atoms. The van der Waals surface area contributed by atoms with Crippen molar-refractivity contribution in [3.63, 3.8) is 0 Å². The molecule has 0 atom stereocenters. The molecule has 0 N–H and O–H groups in total. The normalized spacial score (nSPS) is 11.2. The Kier molecular flexibility index (Phi) is 3.85. The number of nitrogens with zero attached hydrogens (tertiary/aromatic N) is 1. The Morgan fingerprint density at radius 2 is 2.22 bits per heavy atom. The number of allylic oxidation sites excluding steroid dienone is 1. The summed E-state index contributed by atoms with van der Waals surface area (Å²) in [5, 5.41) is 0. The van der Waals surface area contributed by atoms with Crippen molar-refractivity contribution in [3.05, 3.63) is 24.4 Å². The van der Waals surface area contributed by atoms with Crippen molar-refractivity contribution in [1.29, 1.82) is 0 Å². The van der Waals surface area contributed by atoms with Gasteiger partial charge in [-0.25, -0.2) is 0 Å². The monoisotopic (exact) mass is 125 g/mol. The first-order valence-electron chi connectivity index (χ1n) is 3.15. The molecule has 0 aromatic carbocycles. The van der Waals surface area contributed by atoms with E-state index in [9.17, 15) is 0 Å². The summed E-state index contributed by atoms with van der Waals surface area (Å²) >= 11 is 0. The third-order valence-electron chi connectivity index (χ3n) is 1.30. The van der Waals surface area contributed by atoms with Gasteiger partial charge in [0.15, 0.2) is 0 Å². The van der Waals surface area contributed by atoms with E-state index in [2.05, 4.69) is 24.5 Å². The molecule has 0 amide bonds. The maximum Gasteiger partial charge on any atom is 0.0377 e. The lowest BCUT2D eigenvalue weighted by Crippen LogP contribution is -2.12.